The second-order valence-electron chi connectivity index (χ2n) is 10.2. The van der Waals surface area contributed by atoms with E-state index < -0.39 is 17.6 Å². The predicted octanol–water partition coefficient (Wildman–Crippen LogP) is 4.07. The van der Waals surface area contributed by atoms with Crippen LogP contribution >= 0.6 is 0 Å². The number of rotatable bonds is 2. The number of amides is 4. The summed E-state index contributed by atoms with van der Waals surface area (Å²) < 4.78 is 5.69. The van der Waals surface area contributed by atoms with E-state index in [9.17, 15) is 19.2 Å². The van der Waals surface area contributed by atoms with Crippen LogP contribution < -0.4 is 10.2 Å². The fourth-order valence-electron chi connectivity index (χ4n) is 5.35. The summed E-state index contributed by atoms with van der Waals surface area (Å²) in [6, 6.07) is 8.55. The van der Waals surface area contributed by atoms with Gasteiger partial charge in [-0.05, 0) is 69.5 Å². The monoisotopic (exact) mass is 463 g/mol. The lowest BCUT2D eigenvalue weighted by molar-refractivity contribution is -0.134. The van der Waals surface area contributed by atoms with Crippen LogP contribution in [0.4, 0.5) is 10.5 Å². The molecule has 178 valence electrons. The minimum Gasteiger partial charge on any atom is -0.444 e. The van der Waals surface area contributed by atoms with Gasteiger partial charge in [-0.25, -0.2) is 4.79 Å². The fraction of sp³-hybridized carbons (Fsp3) is 0.462. The smallest absolute Gasteiger partial charge is 0.410 e. The molecule has 4 amide bonds. The molecule has 2 aromatic rings. The summed E-state index contributed by atoms with van der Waals surface area (Å²) in [5, 5.41) is 4.05. The normalized spacial score (nSPS) is 22.9. The van der Waals surface area contributed by atoms with Crippen molar-refractivity contribution in [2.24, 2.45) is 0 Å². The zero-order chi connectivity index (χ0) is 24.2. The largest absolute Gasteiger partial charge is 0.444 e. The summed E-state index contributed by atoms with van der Waals surface area (Å²) >= 11 is 0. The van der Waals surface area contributed by atoms with Crippen LogP contribution in [0.15, 0.2) is 30.3 Å². The number of nitrogens with zero attached hydrogens (tertiary/aromatic N) is 2. The zero-order valence-electron chi connectivity index (χ0n) is 19.7. The van der Waals surface area contributed by atoms with Gasteiger partial charge in [0.25, 0.3) is 5.91 Å². The molecule has 0 bridgehead atoms. The van der Waals surface area contributed by atoms with Crippen molar-refractivity contribution in [2.75, 3.05) is 11.4 Å². The maximum atomic E-state index is 13.4. The molecule has 8 heteroatoms. The van der Waals surface area contributed by atoms with Crippen LogP contribution in [0.3, 0.4) is 0 Å². The highest BCUT2D eigenvalue weighted by molar-refractivity contribution is 6.27. The van der Waals surface area contributed by atoms with Gasteiger partial charge in [0.15, 0.2) is 0 Å². The van der Waals surface area contributed by atoms with Crippen molar-refractivity contribution in [1.29, 1.82) is 0 Å². The van der Waals surface area contributed by atoms with Crippen LogP contribution in [0, 0.1) is 0 Å². The Bertz CT molecular complexity index is 1210. The van der Waals surface area contributed by atoms with E-state index in [1.807, 2.05) is 45.0 Å². The summed E-state index contributed by atoms with van der Waals surface area (Å²) in [6.45, 7) is 6.19. The molecular formula is C26H29N3O5. The molecular weight excluding hydrogens is 434 g/mol. The molecule has 0 aliphatic carbocycles. The van der Waals surface area contributed by atoms with E-state index in [0.29, 0.717) is 24.2 Å². The van der Waals surface area contributed by atoms with Gasteiger partial charge in [0, 0.05) is 23.9 Å². The van der Waals surface area contributed by atoms with Gasteiger partial charge in [-0.3, -0.25) is 24.6 Å². The molecule has 2 fully saturated rings. The first kappa shape index (κ1) is 22.4. The molecule has 3 aliphatic heterocycles. The molecule has 8 nitrogen and oxygen atoms in total. The topological polar surface area (TPSA) is 96.0 Å². The van der Waals surface area contributed by atoms with Crippen molar-refractivity contribution in [3.63, 3.8) is 0 Å². The van der Waals surface area contributed by atoms with Crippen molar-refractivity contribution < 1.29 is 23.9 Å². The molecule has 3 heterocycles. The van der Waals surface area contributed by atoms with Crippen molar-refractivity contribution in [1.82, 2.24) is 10.2 Å². The van der Waals surface area contributed by atoms with Crippen LogP contribution in [0.2, 0.25) is 0 Å². The molecule has 0 radical (unpaired) electrons. The molecule has 5 rings (SSSR count). The average Bonchev–Trinajstić information content (AvgIpc) is 3.06. The Balaban J connectivity index is 1.56. The van der Waals surface area contributed by atoms with E-state index in [-0.39, 0.29) is 30.4 Å². The summed E-state index contributed by atoms with van der Waals surface area (Å²) in [5.41, 5.74) is 1.60. The number of benzene rings is 2. The molecule has 2 saturated heterocycles. The summed E-state index contributed by atoms with van der Waals surface area (Å²) in [4.78, 5) is 54.0. The van der Waals surface area contributed by atoms with Crippen LogP contribution in [0.1, 0.15) is 74.8 Å². The van der Waals surface area contributed by atoms with Crippen LogP contribution in [-0.4, -0.2) is 46.9 Å². The van der Waals surface area contributed by atoms with E-state index in [4.69, 9.17) is 4.74 Å². The third-order valence-electron chi connectivity index (χ3n) is 6.77. The van der Waals surface area contributed by atoms with Gasteiger partial charge < -0.3 is 9.64 Å². The maximum Gasteiger partial charge on any atom is 0.410 e. The number of piperidine rings is 2. The Labute approximate surface area is 198 Å². The van der Waals surface area contributed by atoms with Crippen LogP contribution in [0.25, 0.3) is 10.8 Å². The van der Waals surface area contributed by atoms with Gasteiger partial charge in [0.1, 0.15) is 11.6 Å². The SMILES string of the molecule is CC(C)(C)OC(=O)N1CCCCC1c1ccc2c3c(cccc13)N(C1CCC(=O)NC1=O)C2=O. The number of hydrogen-bond acceptors (Lipinski definition) is 5. The number of carbonyl (C=O) groups excluding carboxylic acids is 4. The lowest BCUT2D eigenvalue weighted by Crippen LogP contribution is -2.53. The van der Waals surface area contributed by atoms with E-state index in [2.05, 4.69) is 5.32 Å². The van der Waals surface area contributed by atoms with E-state index >= 15 is 0 Å². The van der Waals surface area contributed by atoms with Gasteiger partial charge in [-0.15, -0.1) is 0 Å². The second kappa shape index (κ2) is 8.11. The van der Waals surface area contributed by atoms with Crippen LogP contribution in [0.5, 0.6) is 0 Å². The Kier molecular flexibility index (Phi) is 5.34. The molecule has 2 unspecified atom stereocenters. The number of imide groups is 1. The third-order valence-corrected chi connectivity index (χ3v) is 6.77. The lowest BCUT2D eigenvalue weighted by Gasteiger charge is -2.37. The van der Waals surface area contributed by atoms with E-state index in [0.717, 1.165) is 35.6 Å². The van der Waals surface area contributed by atoms with E-state index in [1.54, 1.807) is 11.0 Å². The van der Waals surface area contributed by atoms with Gasteiger partial charge in [0.2, 0.25) is 11.8 Å². The summed E-state index contributed by atoms with van der Waals surface area (Å²) in [6.07, 6.45) is 2.88. The van der Waals surface area contributed by atoms with Gasteiger partial charge in [-0.1, -0.05) is 18.2 Å². The zero-order valence-corrected chi connectivity index (χ0v) is 19.7. The lowest BCUT2D eigenvalue weighted by atomic mass is 9.90. The summed E-state index contributed by atoms with van der Waals surface area (Å²) in [7, 11) is 0. The highest BCUT2D eigenvalue weighted by Gasteiger charge is 2.41. The standard InChI is InChI=1S/C26H29N3O5/c1-26(2,3)34-25(33)28-14-5-4-8-18(28)15-10-11-17-22-16(15)7-6-9-19(22)29(24(17)32)20-12-13-21(30)27-23(20)31/h6-7,9-11,18,20H,4-5,8,12-14H2,1-3H3,(H,27,30,31). The molecule has 0 aromatic heterocycles. The first-order chi connectivity index (χ1) is 16.2. The van der Waals surface area contributed by atoms with Gasteiger partial charge in [0.05, 0.1) is 11.7 Å². The molecule has 2 atom stereocenters. The number of anilines is 1. The van der Waals surface area contributed by atoms with Gasteiger partial charge >= 0.3 is 6.09 Å². The molecule has 1 N–H and O–H groups in total. The quantitative estimate of drug-likeness (QED) is 0.678. The number of carbonyl (C=O) groups is 4. The molecule has 2 aromatic carbocycles. The maximum absolute atomic E-state index is 13.4. The molecule has 0 spiro atoms. The Morgan fingerprint density at radius 1 is 1.03 bits per heavy atom. The Morgan fingerprint density at radius 3 is 2.56 bits per heavy atom. The highest BCUT2D eigenvalue weighted by atomic mass is 16.6. The van der Waals surface area contributed by atoms with Gasteiger partial charge in [-0.2, -0.15) is 0 Å². The summed E-state index contributed by atoms with van der Waals surface area (Å²) in [5.74, 6) is -0.997. The minimum atomic E-state index is -0.723. The average molecular weight is 464 g/mol. The first-order valence-corrected chi connectivity index (χ1v) is 11.9. The minimum absolute atomic E-state index is 0.160. The molecule has 34 heavy (non-hydrogen) atoms. The number of likely N-dealkylation sites (tertiary alicyclic amines) is 1. The Hall–Kier alpha value is -3.42. The first-order valence-electron chi connectivity index (χ1n) is 11.9. The third kappa shape index (κ3) is 3.71. The number of ether oxygens (including phenoxy) is 1. The number of nitrogens with one attached hydrogen (secondary N) is 1. The second-order valence-corrected chi connectivity index (χ2v) is 10.2. The van der Waals surface area contributed by atoms with Crippen LogP contribution in [-0.2, 0) is 14.3 Å². The predicted molar refractivity (Wildman–Crippen MR) is 126 cm³/mol. The van der Waals surface area contributed by atoms with Crippen molar-refractivity contribution in [3.8, 4) is 0 Å². The van der Waals surface area contributed by atoms with Crippen molar-refractivity contribution in [3.05, 3.63) is 41.5 Å². The van der Waals surface area contributed by atoms with Crippen molar-refractivity contribution >= 4 is 40.3 Å². The Morgan fingerprint density at radius 2 is 1.82 bits per heavy atom. The molecule has 3 aliphatic rings. The van der Waals surface area contributed by atoms with E-state index in [1.165, 1.54) is 4.90 Å². The number of hydrogen-bond donors (Lipinski definition) is 1. The fourth-order valence-corrected chi connectivity index (χ4v) is 5.35. The molecule has 0 saturated carbocycles. The van der Waals surface area contributed by atoms with Crippen molar-refractivity contribution in [2.45, 2.75) is 70.6 Å². The highest BCUT2D eigenvalue weighted by Crippen LogP contribution is 2.44.